The van der Waals surface area contributed by atoms with Crippen molar-refractivity contribution in [2.75, 3.05) is 13.1 Å². The van der Waals surface area contributed by atoms with Gasteiger partial charge < -0.3 is 16.2 Å². The van der Waals surface area contributed by atoms with E-state index in [4.69, 9.17) is 5.73 Å². The molecule has 0 aliphatic heterocycles. The highest BCUT2D eigenvalue weighted by atomic mass is 127. The van der Waals surface area contributed by atoms with Gasteiger partial charge in [-0.25, -0.2) is 0 Å². The maximum absolute atomic E-state index is 10.3. The third kappa shape index (κ3) is 7.12. The number of aliphatic imine (C=N–C) groups is 1. The van der Waals surface area contributed by atoms with Crippen molar-refractivity contribution in [3.63, 3.8) is 0 Å². The molecule has 0 aromatic carbocycles. The molecule has 6 heteroatoms. The first-order valence-corrected chi connectivity index (χ1v) is 7.15. The maximum Gasteiger partial charge on any atom is 0.188 e. The molecule has 0 aliphatic carbocycles. The molecule has 110 valence electrons. The van der Waals surface area contributed by atoms with Crippen LogP contribution in [0.4, 0.5) is 0 Å². The summed E-state index contributed by atoms with van der Waals surface area (Å²) in [5, 5.41) is 17.2. The highest BCUT2D eigenvalue weighted by Gasteiger charge is 2.22. The first kappa shape index (κ1) is 18.7. The number of hydrogen-bond acceptors (Lipinski definition) is 3. The monoisotopic (exact) mass is 397 g/mol. The topological polar surface area (TPSA) is 70.6 Å². The summed E-state index contributed by atoms with van der Waals surface area (Å²) in [5.74, 6) is 1.03. The van der Waals surface area contributed by atoms with Crippen molar-refractivity contribution >= 4 is 41.3 Å². The van der Waals surface area contributed by atoms with E-state index >= 15 is 0 Å². The van der Waals surface area contributed by atoms with Gasteiger partial charge in [0, 0.05) is 6.54 Å². The minimum absolute atomic E-state index is 0. The number of aliphatic hydroxyl groups is 1. The van der Waals surface area contributed by atoms with E-state index in [-0.39, 0.29) is 30.5 Å². The largest absolute Gasteiger partial charge is 0.383 e. The van der Waals surface area contributed by atoms with Crippen molar-refractivity contribution in [1.82, 2.24) is 5.32 Å². The average molecular weight is 397 g/mol. The summed E-state index contributed by atoms with van der Waals surface area (Å²) in [7, 11) is 0. The second kappa shape index (κ2) is 8.76. The van der Waals surface area contributed by atoms with Gasteiger partial charge in [-0.2, -0.15) is 11.3 Å². The molecule has 1 rings (SSSR count). The zero-order valence-electron chi connectivity index (χ0n) is 11.7. The highest BCUT2D eigenvalue weighted by molar-refractivity contribution is 14.0. The Balaban J connectivity index is 0.00000324. The zero-order chi connectivity index (χ0) is 13.6. The molecule has 0 saturated heterocycles. The van der Waals surface area contributed by atoms with Crippen LogP contribution in [-0.4, -0.2) is 24.2 Å². The van der Waals surface area contributed by atoms with Gasteiger partial charge in [-0.05, 0) is 41.7 Å². The average Bonchev–Trinajstić information content (AvgIpc) is 2.80. The van der Waals surface area contributed by atoms with Gasteiger partial charge in [-0.3, -0.25) is 4.99 Å². The number of rotatable bonds is 6. The first-order chi connectivity index (χ1) is 8.42. The van der Waals surface area contributed by atoms with Crippen LogP contribution in [0.15, 0.2) is 21.8 Å². The van der Waals surface area contributed by atoms with Crippen molar-refractivity contribution in [2.24, 2.45) is 16.6 Å². The Morgan fingerprint density at radius 1 is 1.58 bits per heavy atom. The lowest BCUT2D eigenvalue weighted by Gasteiger charge is -2.20. The number of nitrogens with zero attached hydrogens (tertiary/aromatic N) is 1. The van der Waals surface area contributed by atoms with E-state index < -0.39 is 5.60 Å². The Morgan fingerprint density at radius 3 is 2.79 bits per heavy atom. The molecular weight excluding hydrogens is 373 g/mol. The van der Waals surface area contributed by atoms with Crippen molar-refractivity contribution in [2.45, 2.75) is 32.8 Å². The Bertz CT molecular complexity index is 377. The van der Waals surface area contributed by atoms with Gasteiger partial charge in [-0.15, -0.1) is 24.0 Å². The SMILES string of the molecule is CC(C)CCNC(N)=NCC(C)(O)c1ccsc1.I. The molecule has 1 unspecified atom stereocenters. The minimum atomic E-state index is -0.954. The van der Waals surface area contributed by atoms with Gasteiger partial charge in [0.1, 0.15) is 5.60 Å². The van der Waals surface area contributed by atoms with Crippen molar-refractivity contribution in [1.29, 1.82) is 0 Å². The Morgan fingerprint density at radius 2 is 2.26 bits per heavy atom. The molecule has 1 aromatic heterocycles. The number of nitrogens with one attached hydrogen (secondary N) is 1. The summed E-state index contributed by atoms with van der Waals surface area (Å²) in [5.41, 5.74) is 5.68. The van der Waals surface area contributed by atoms with Gasteiger partial charge >= 0.3 is 0 Å². The van der Waals surface area contributed by atoms with Crippen LogP contribution in [0.3, 0.4) is 0 Å². The van der Waals surface area contributed by atoms with Gasteiger partial charge in [0.15, 0.2) is 5.96 Å². The zero-order valence-corrected chi connectivity index (χ0v) is 14.9. The van der Waals surface area contributed by atoms with Gasteiger partial charge in [0.05, 0.1) is 6.54 Å². The third-order valence-electron chi connectivity index (χ3n) is 2.73. The number of thiophene rings is 1. The first-order valence-electron chi connectivity index (χ1n) is 6.20. The van der Waals surface area contributed by atoms with Gasteiger partial charge in [0.25, 0.3) is 0 Å². The van der Waals surface area contributed by atoms with E-state index in [1.54, 1.807) is 18.3 Å². The van der Waals surface area contributed by atoms with E-state index in [2.05, 4.69) is 24.2 Å². The van der Waals surface area contributed by atoms with Gasteiger partial charge in [0.2, 0.25) is 0 Å². The van der Waals surface area contributed by atoms with Crippen LogP contribution in [0, 0.1) is 5.92 Å². The molecule has 0 radical (unpaired) electrons. The van der Waals surface area contributed by atoms with Crippen molar-refractivity contribution in [3.8, 4) is 0 Å². The molecule has 4 N–H and O–H groups in total. The summed E-state index contributed by atoms with van der Waals surface area (Å²) in [6, 6.07) is 1.91. The molecule has 0 saturated carbocycles. The molecule has 1 atom stereocenters. The molecule has 0 bridgehead atoms. The molecule has 1 aromatic rings. The molecule has 1 heterocycles. The van der Waals surface area contributed by atoms with E-state index in [0.717, 1.165) is 18.5 Å². The number of hydrogen-bond donors (Lipinski definition) is 3. The second-order valence-electron chi connectivity index (χ2n) is 5.10. The van der Waals surface area contributed by atoms with Crippen LogP contribution >= 0.6 is 35.3 Å². The lowest BCUT2D eigenvalue weighted by molar-refractivity contribution is 0.0678. The van der Waals surface area contributed by atoms with Crippen LogP contribution in [0.1, 0.15) is 32.8 Å². The van der Waals surface area contributed by atoms with Crippen LogP contribution < -0.4 is 11.1 Å². The predicted molar refractivity (Wildman–Crippen MR) is 93.3 cm³/mol. The smallest absolute Gasteiger partial charge is 0.188 e. The molecule has 0 spiro atoms. The van der Waals surface area contributed by atoms with Crippen molar-refractivity contribution < 1.29 is 5.11 Å². The normalized spacial score (nSPS) is 14.9. The fourth-order valence-corrected chi connectivity index (χ4v) is 2.23. The van der Waals surface area contributed by atoms with E-state index in [9.17, 15) is 5.11 Å². The second-order valence-corrected chi connectivity index (χ2v) is 5.88. The Labute approximate surface area is 136 Å². The maximum atomic E-state index is 10.3. The molecule has 0 aliphatic rings. The predicted octanol–water partition coefficient (Wildman–Crippen LogP) is 2.52. The van der Waals surface area contributed by atoms with Gasteiger partial charge in [-0.1, -0.05) is 13.8 Å². The van der Waals surface area contributed by atoms with E-state index in [1.807, 2.05) is 16.8 Å². The minimum Gasteiger partial charge on any atom is -0.383 e. The van der Waals surface area contributed by atoms with Crippen molar-refractivity contribution in [3.05, 3.63) is 22.4 Å². The van der Waals surface area contributed by atoms with Crippen LogP contribution in [0.25, 0.3) is 0 Å². The lowest BCUT2D eigenvalue weighted by Crippen LogP contribution is -2.35. The fraction of sp³-hybridized carbons (Fsp3) is 0.615. The molecule has 19 heavy (non-hydrogen) atoms. The molecule has 4 nitrogen and oxygen atoms in total. The number of halogens is 1. The molecular formula is C13H24IN3OS. The number of guanidine groups is 1. The summed E-state index contributed by atoms with van der Waals surface area (Å²) in [4.78, 5) is 4.19. The Kier molecular flexibility index (Phi) is 8.60. The number of nitrogens with two attached hydrogens (primary N) is 1. The van der Waals surface area contributed by atoms with Crippen LogP contribution in [0.2, 0.25) is 0 Å². The fourth-order valence-electron chi connectivity index (χ4n) is 1.45. The summed E-state index contributed by atoms with van der Waals surface area (Å²) in [6.45, 7) is 7.16. The Hall–Kier alpha value is -0.340. The standard InChI is InChI=1S/C13H23N3OS.HI/c1-10(2)4-6-15-12(14)16-9-13(3,17)11-5-7-18-8-11;/h5,7-8,10,17H,4,6,9H2,1-3H3,(H3,14,15,16);1H. The van der Waals surface area contributed by atoms with Crippen LogP contribution in [-0.2, 0) is 5.60 Å². The summed E-state index contributed by atoms with van der Waals surface area (Å²) in [6.07, 6.45) is 1.05. The highest BCUT2D eigenvalue weighted by Crippen LogP contribution is 2.22. The quantitative estimate of drug-likeness (QED) is 0.393. The lowest BCUT2D eigenvalue weighted by atomic mass is 10.00. The molecule has 0 amide bonds. The molecule has 0 fully saturated rings. The van der Waals surface area contributed by atoms with Crippen LogP contribution in [0.5, 0.6) is 0 Å². The summed E-state index contributed by atoms with van der Waals surface area (Å²) < 4.78 is 0. The van der Waals surface area contributed by atoms with E-state index in [0.29, 0.717) is 11.9 Å². The third-order valence-corrected chi connectivity index (χ3v) is 3.41. The van der Waals surface area contributed by atoms with E-state index in [1.165, 1.54) is 0 Å². The summed E-state index contributed by atoms with van der Waals surface area (Å²) >= 11 is 1.56.